The van der Waals surface area contributed by atoms with E-state index in [-0.39, 0.29) is 5.91 Å². The average Bonchev–Trinajstić information content (AvgIpc) is 2.66. The van der Waals surface area contributed by atoms with Gasteiger partial charge in [-0.15, -0.1) is 0 Å². The van der Waals surface area contributed by atoms with Gasteiger partial charge < -0.3 is 5.32 Å². The van der Waals surface area contributed by atoms with E-state index in [1.54, 1.807) is 10.4 Å². The highest BCUT2D eigenvalue weighted by atomic mass is 32.2. The van der Waals surface area contributed by atoms with Crippen LogP contribution in [0.5, 0.6) is 0 Å². The monoisotopic (exact) mass is 393 g/mol. The summed E-state index contributed by atoms with van der Waals surface area (Å²) in [5, 5.41) is 2.91. The number of nitrogens with zero attached hydrogens (tertiary/aromatic N) is 2. The third kappa shape index (κ3) is 5.09. The van der Waals surface area contributed by atoms with Crippen molar-refractivity contribution in [3.8, 4) is 0 Å². The van der Waals surface area contributed by atoms with Gasteiger partial charge in [0.1, 0.15) is 0 Å². The Bertz CT molecular complexity index is 769. The zero-order valence-corrected chi connectivity index (χ0v) is 17.2. The van der Waals surface area contributed by atoms with Gasteiger partial charge in [-0.2, -0.15) is 4.31 Å². The maximum absolute atomic E-state index is 13.0. The second-order valence-electron chi connectivity index (χ2n) is 8.02. The van der Waals surface area contributed by atoms with Crippen LogP contribution in [0.1, 0.15) is 37.8 Å². The standard InChI is InChI=1S/C20H31N3O3S/c1-16(2)14-21-20(24)15-22-9-11-23(12-10-22)27(25,26)19-8-7-17-5-3-4-6-18(17)13-19/h7-8,13,16H,3-6,9-12,14-15H2,1-2H3,(H,21,24). The van der Waals surface area contributed by atoms with Crippen LogP contribution >= 0.6 is 0 Å². The molecule has 0 aromatic heterocycles. The summed E-state index contributed by atoms with van der Waals surface area (Å²) in [6.45, 7) is 7.15. The van der Waals surface area contributed by atoms with Gasteiger partial charge in [-0.05, 0) is 54.9 Å². The molecule has 0 bridgehead atoms. The summed E-state index contributed by atoms with van der Waals surface area (Å²) in [5.41, 5.74) is 2.47. The number of rotatable bonds is 6. The molecule has 1 aromatic rings. The lowest BCUT2D eigenvalue weighted by Crippen LogP contribution is -2.51. The van der Waals surface area contributed by atoms with Gasteiger partial charge in [-0.25, -0.2) is 8.42 Å². The number of piperazine rings is 1. The minimum absolute atomic E-state index is 0.00898. The quantitative estimate of drug-likeness (QED) is 0.798. The Kier molecular flexibility index (Phi) is 6.55. The first-order valence-corrected chi connectivity index (χ1v) is 11.4. The predicted molar refractivity (Wildman–Crippen MR) is 106 cm³/mol. The maximum atomic E-state index is 13.0. The number of amides is 1. The Hall–Kier alpha value is -1.44. The molecule has 6 nitrogen and oxygen atoms in total. The van der Waals surface area contributed by atoms with Crippen molar-refractivity contribution in [2.24, 2.45) is 5.92 Å². The number of benzene rings is 1. The number of carbonyl (C=O) groups is 1. The topological polar surface area (TPSA) is 69.7 Å². The summed E-state index contributed by atoms with van der Waals surface area (Å²) < 4.78 is 27.6. The summed E-state index contributed by atoms with van der Waals surface area (Å²) >= 11 is 0. The van der Waals surface area contributed by atoms with Crippen LogP contribution in [-0.4, -0.2) is 62.8 Å². The molecule has 1 fully saturated rings. The molecule has 1 amide bonds. The van der Waals surface area contributed by atoms with Gasteiger partial charge in [0.15, 0.2) is 0 Å². The van der Waals surface area contributed by atoms with E-state index in [0.717, 1.165) is 19.3 Å². The largest absolute Gasteiger partial charge is 0.355 e. The number of fused-ring (bicyclic) bond motifs is 1. The summed E-state index contributed by atoms with van der Waals surface area (Å²) in [4.78, 5) is 14.4. The van der Waals surface area contributed by atoms with Crippen LogP contribution in [0.25, 0.3) is 0 Å². The second kappa shape index (κ2) is 8.71. The van der Waals surface area contributed by atoms with Crippen LogP contribution in [0.4, 0.5) is 0 Å². The van der Waals surface area contributed by atoms with Gasteiger partial charge in [0.05, 0.1) is 11.4 Å². The molecule has 27 heavy (non-hydrogen) atoms. The van der Waals surface area contributed by atoms with E-state index in [9.17, 15) is 13.2 Å². The summed E-state index contributed by atoms with van der Waals surface area (Å²) in [6.07, 6.45) is 4.34. The molecule has 7 heteroatoms. The molecule has 1 aliphatic carbocycles. The first kappa shape index (κ1) is 20.3. The highest BCUT2D eigenvalue weighted by molar-refractivity contribution is 7.89. The zero-order valence-electron chi connectivity index (χ0n) is 16.4. The molecular formula is C20H31N3O3S. The van der Waals surface area contributed by atoms with Gasteiger partial charge in [0.25, 0.3) is 0 Å². The van der Waals surface area contributed by atoms with E-state index in [1.807, 2.05) is 17.0 Å². The van der Waals surface area contributed by atoms with Gasteiger partial charge in [-0.3, -0.25) is 9.69 Å². The lowest BCUT2D eigenvalue weighted by molar-refractivity contribution is -0.122. The third-order valence-corrected chi connectivity index (χ3v) is 7.26. The van der Waals surface area contributed by atoms with Crippen LogP contribution in [-0.2, 0) is 27.7 Å². The molecule has 1 N–H and O–H groups in total. The first-order valence-electron chi connectivity index (χ1n) is 9.97. The van der Waals surface area contributed by atoms with Crippen LogP contribution in [0.3, 0.4) is 0 Å². The van der Waals surface area contributed by atoms with Crippen molar-refractivity contribution in [3.63, 3.8) is 0 Å². The SMILES string of the molecule is CC(C)CNC(=O)CN1CCN(S(=O)(=O)c2ccc3c(c2)CCCC3)CC1. The van der Waals surface area contributed by atoms with Crippen LogP contribution in [0, 0.1) is 5.92 Å². The predicted octanol–water partition coefficient (Wildman–Crippen LogP) is 1.64. The smallest absolute Gasteiger partial charge is 0.243 e. The van der Waals surface area contributed by atoms with E-state index < -0.39 is 10.0 Å². The van der Waals surface area contributed by atoms with Gasteiger partial charge >= 0.3 is 0 Å². The lowest BCUT2D eigenvalue weighted by atomic mass is 9.92. The fourth-order valence-electron chi connectivity index (χ4n) is 3.72. The number of hydrogen-bond acceptors (Lipinski definition) is 4. The van der Waals surface area contributed by atoms with Crippen molar-refractivity contribution in [3.05, 3.63) is 29.3 Å². The summed E-state index contributed by atoms with van der Waals surface area (Å²) in [7, 11) is -3.46. The fourth-order valence-corrected chi connectivity index (χ4v) is 5.20. The summed E-state index contributed by atoms with van der Waals surface area (Å²) in [5.74, 6) is 0.433. The van der Waals surface area contributed by atoms with Crippen molar-refractivity contribution in [1.82, 2.24) is 14.5 Å². The molecule has 0 unspecified atom stereocenters. The molecule has 1 heterocycles. The van der Waals surface area contributed by atoms with Gasteiger partial charge in [0, 0.05) is 32.7 Å². The molecular weight excluding hydrogens is 362 g/mol. The molecule has 1 aliphatic heterocycles. The highest BCUT2D eigenvalue weighted by Gasteiger charge is 2.29. The minimum Gasteiger partial charge on any atom is -0.355 e. The molecule has 0 spiro atoms. The number of aryl methyl sites for hydroxylation is 2. The zero-order chi connectivity index (χ0) is 19.4. The van der Waals surface area contributed by atoms with Crippen LogP contribution in [0.15, 0.2) is 23.1 Å². The molecule has 1 saturated heterocycles. The molecule has 1 aromatic carbocycles. The third-order valence-electron chi connectivity index (χ3n) is 5.36. The normalized spacial score (nSPS) is 19.1. The van der Waals surface area contributed by atoms with Crippen LogP contribution < -0.4 is 5.32 Å². The Morgan fingerprint density at radius 3 is 2.41 bits per heavy atom. The Morgan fingerprint density at radius 2 is 1.74 bits per heavy atom. The molecule has 0 saturated carbocycles. The average molecular weight is 394 g/mol. The Morgan fingerprint density at radius 1 is 1.07 bits per heavy atom. The first-order chi connectivity index (χ1) is 12.9. The summed E-state index contributed by atoms with van der Waals surface area (Å²) in [6, 6.07) is 5.61. The van der Waals surface area contributed by atoms with E-state index in [0.29, 0.717) is 50.1 Å². The Labute approximate surface area is 163 Å². The number of nitrogens with one attached hydrogen (secondary N) is 1. The van der Waals surface area contributed by atoms with Crippen molar-refractivity contribution in [2.45, 2.75) is 44.4 Å². The van der Waals surface area contributed by atoms with Gasteiger partial charge in [-0.1, -0.05) is 19.9 Å². The number of hydrogen-bond donors (Lipinski definition) is 1. The molecule has 0 radical (unpaired) electrons. The van der Waals surface area contributed by atoms with Gasteiger partial charge in [0.2, 0.25) is 15.9 Å². The number of sulfonamides is 1. The van der Waals surface area contributed by atoms with E-state index in [1.165, 1.54) is 17.5 Å². The molecule has 3 rings (SSSR count). The van der Waals surface area contributed by atoms with Crippen molar-refractivity contribution in [1.29, 1.82) is 0 Å². The lowest BCUT2D eigenvalue weighted by Gasteiger charge is -2.33. The second-order valence-corrected chi connectivity index (χ2v) is 9.95. The maximum Gasteiger partial charge on any atom is 0.243 e. The molecule has 0 atom stereocenters. The minimum atomic E-state index is -3.46. The molecule has 150 valence electrons. The van der Waals surface area contributed by atoms with Crippen molar-refractivity contribution >= 4 is 15.9 Å². The van der Waals surface area contributed by atoms with Crippen LogP contribution in [0.2, 0.25) is 0 Å². The fraction of sp³-hybridized carbons (Fsp3) is 0.650. The van der Waals surface area contributed by atoms with E-state index in [4.69, 9.17) is 0 Å². The molecule has 2 aliphatic rings. The highest BCUT2D eigenvalue weighted by Crippen LogP contribution is 2.26. The Balaban J connectivity index is 1.57. The van der Waals surface area contributed by atoms with Crippen molar-refractivity contribution in [2.75, 3.05) is 39.3 Å². The van der Waals surface area contributed by atoms with E-state index >= 15 is 0 Å². The van der Waals surface area contributed by atoms with Crippen molar-refractivity contribution < 1.29 is 13.2 Å². The van der Waals surface area contributed by atoms with E-state index in [2.05, 4.69) is 19.2 Å². The number of carbonyl (C=O) groups excluding carboxylic acids is 1.